The number of hydrogen-bond donors (Lipinski definition) is 4. The zero-order valence-corrected chi connectivity index (χ0v) is 18.7. The predicted octanol–water partition coefficient (Wildman–Crippen LogP) is 2.43. The summed E-state index contributed by atoms with van der Waals surface area (Å²) in [5, 5.41) is 23.8. The van der Waals surface area contributed by atoms with Crippen molar-refractivity contribution in [3.63, 3.8) is 0 Å². The van der Waals surface area contributed by atoms with Gasteiger partial charge in [0.05, 0.1) is 6.54 Å². The summed E-state index contributed by atoms with van der Waals surface area (Å²) in [5.41, 5.74) is -6.66. The third kappa shape index (κ3) is 6.12. The number of alkyl halides is 6. The minimum atomic E-state index is -6.05. The van der Waals surface area contributed by atoms with Gasteiger partial charge in [-0.05, 0) is 36.4 Å². The molecule has 0 unspecified atom stereocenters. The molecular weight excluding hydrogens is 500 g/mol. The number of aliphatic hydroxyl groups is 2. The van der Waals surface area contributed by atoms with Gasteiger partial charge in [0, 0.05) is 36.5 Å². The van der Waals surface area contributed by atoms with Gasteiger partial charge in [-0.1, -0.05) is 12.1 Å². The smallest absolute Gasteiger partial charge is 0.381 e. The number of nitrogens with zero attached hydrogens (tertiary/aromatic N) is 1. The molecule has 0 saturated carbocycles. The monoisotopic (exact) mass is 521 g/mol. The number of anilines is 1. The van der Waals surface area contributed by atoms with E-state index in [0.717, 1.165) is 4.90 Å². The van der Waals surface area contributed by atoms with Crippen LogP contribution in [0.3, 0.4) is 0 Å². The van der Waals surface area contributed by atoms with Gasteiger partial charge in [0.15, 0.2) is 0 Å². The van der Waals surface area contributed by atoms with Crippen molar-refractivity contribution in [2.24, 2.45) is 0 Å². The highest BCUT2D eigenvalue weighted by molar-refractivity contribution is 6.04. The second-order valence-corrected chi connectivity index (χ2v) is 7.77. The highest BCUT2D eigenvalue weighted by Crippen LogP contribution is 2.49. The number of carbonyl (C=O) groups excluding carboxylic acids is 3. The van der Waals surface area contributed by atoms with E-state index in [9.17, 15) is 50.9 Å². The second kappa shape index (κ2) is 10.5. The zero-order valence-electron chi connectivity index (χ0n) is 18.7. The van der Waals surface area contributed by atoms with Gasteiger partial charge in [0.2, 0.25) is 0 Å². The summed E-state index contributed by atoms with van der Waals surface area (Å²) in [4.78, 5) is 37.2. The fraction of sp³-hybridized carbons (Fsp3) is 0.318. The van der Waals surface area contributed by atoms with Crippen molar-refractivity contribution < 1.29 is 50.9 Å². The molecule has 0 bridgehead atoms. The molecule has 2 aromatic rings. The topological polar surface area (TPSA) is 119 Å². The Bertz CT molecular complexity index is 1090. The molecule has 0 fully saturated rings. The molecule has 2 rings (SSSR count). The Morgan fingerprint density at radius 1 is 0.833 bits per heavy atom. The molecule has 0 aromatic heterocycles. The van der Waals surface area contributed by atoms with E-state index >= 15 is 0 Å². The third-order valence-corrected chi connectivity index (χ3v) is 4.97. The Kier molecular flexibility index (Phi) is 8.37. The number of benzene rings is 2. The normalized spacial score (nSPS) is 13.1. The van der Waals surface area contributed by atoms with Gasteiger partial charge >= 0.3 is 12.4 Å². The maximum Gasteiger partial charge on any atom is 0.430 e. The van der Waals surface area contributed by atoms with Gasteiger partial charge in [0.25, 0.3) is 23.3 Å². The number of carbonyl (C=O) groups is 3. The van der Waals surface area contributed by atoms with E-state index in [1.54, 1.807) is 0 Å². The molecule has 0 radical (unpaired) electrons. The second-order valence-electron chi connectivity index (χ2n) is 7.77. The van der Waals surface area contributed by atoms with Crippen LogP contribution in [0.15, 0.2) is 48.5 Å². The van der Waals surface area contributed by atoms with E-state index in [4.69, 9.17) is 0 Å². The molecule has 0 saturated heterocycles. The first-order valence-electron chi connectivity index (χ1n) is 10.0. The summed E-state index contributed by atoms with van der Waals surface area (Å²) in [6.07, 6.45) is -13.6. The summed E-state index contributed by atoms with van der Waals surface area (Å²) >= 11 is 0. The number of rotatable bonds is 7. The van der Waals surface area contributed by atoms with E-state index < -0.39 is 47.3 Å². The largest absolute Gasteiger partial charge is 0.430 e. The number of aliphatic hydroxyl groups excluding tert-OH is 1. The first kappa shape index (κ1) is 28.6. The van der Waals surface area contributed by atoms with Crippen molar-refractivity contribution >= 4 is 23.4 Å². The summed E-state index contributed by atoms with van der Waals surface area (Å²) < 4.78 is 77.8. The Morgan fingerprint density at radius 3 is 1.72 bits per heavy atom. The molecule has 0 aliphatic rings. The lowest BCUT2D eigenvalue weighted by atomic mass is 9.91. The average molecular weight is 521 g/mol. The molecule has 0 aliphatic carbocycles. The van der Waals surface area contributed by atoms with Gasteiger partial charge in [-0.3, -0.25) is 14.4 Å². The summed E-state index contributed by atoms with van der Waals surface area (Å²) in [5.74, 6) is -2.12. The maximum atomic E-state index is 13.0. The van der Waals surface area contributed by atoms with Gasteiger partial charge < -0.3 is 25.7 Å². The Morgan fingerprint density at radius 2 is 1.28 bits per heavy atom. The van der Waals surface area contributed by atoms with Crippen molar-refractivity contribution in [1.82, 2.24) is 10.2 Å². The Balaban J connectivity index is 2.07. The number of halogens is 6. The third-order valence-electron chi connectivity index (χ3n) is 4.97. The van der Waals surface area contributed by atoms with Crippen LogP contribution in [0.2, 0.25) is 0 Å². The van der Waals surface area contributed by atoms with Crippen LogP contribution in [0.5, 0.6) is 0 Å². The standard InChI is InChI=1S/C22H21F6N3O5/c1-31(2)19(35)16(32)11-29-17(33)12-5-9-15(10-6-12)30-18(34)13-3-7-14(8-4-13)20(36,21(23,24)25)22(26,27)28/h3-10,16,32,36H,11H2,1-2H3,(H,29,33)(H,30,34)/t16-/m0/s1. The quantitative estimate of drug-likeness (QED) is 0.418. The van der Waals surface area contributed by atoms with Crippen LogP contribution in [0.25, 0.3) is 0 Å². The lowest BCUT2D eigenvalue weighted by molar-refractivity contribution is -0.376. The van der Waals surface area contributed by atoms with Crippen LogP contribution in [-0.4, -0.2) is 71.9 Å². The first-order valence-corrected chi connectivity index (χ1v) is 10.0. The molecule has 14 heteroatoms. The number of nitrogens with one attached hydrogen (secondary N) is 2. The molecular formula is C22H21F6N3O5. The Hall–Kier alpha value is -3.65. The van der Waals surface area contributed by atoms with Gasteiger partial charge in [-0.15, -0.1) is 0 Å². The zero-order chi connectivity index (χ0) is 27.5. The van der Waals surface area contributed by atoms with Crippen LogP contribution >= 0.6 is 0 Å². The van der Waals surface area contributed by atoms with Crippen molar-refractivity contribution in [1.29, 1.82) is 0 Å². The molecule has 0 spiro atoms. The van der Waals surface area contributed by atoms with Crippen molar-refractivity contribution in [2.75, 3.05) is 26.0 Å². The predicted molar refractivity (Wildman–Crippen MR) is 114 cm³/mol. The van der Waals surface area contributed by atoms with E-state index in [0.29, 0.717) is 24.3 Å². The van der Waals surface area contributed by atoms with E-state index in [2.05, 4.69) is 10.6 Å². The Labute approximate surface area is 200 Å². The van der Waals surface area contributed by atoms with Crippen molar-refractivity contribution in [3.8, 4) is 0 Å². The van der Waals surface area contributed by atoms with Crippen LogP contribution in [0.1, 0.15) is 26.3 Å². The van der Waals surface area contributed by atoms with Gasteiger partial charge in [-0.2, -0.15) is 26.3 Å². The molecule has 3 amide bonds. The number of likely N-dealkylation sites (N-methyl/N-ethyl adjacent to an activating group) is 1. The van der Waals surface area contributed by atoms with Crippen molar-refractivity contribution in [2.45, 2.75) is 24.1 Å². The molecule has 0 aliphatic heterocycles. The minimum Gasteiger partial charge on any atom is -0.381 e. The average Bonchev–Trinajstić information content (AvgIpc) is 2.80. The molecule has 4 N–H and O–H groups in total. The van der Waals surface area contributed by atoms with E-state index in [1.807, 2.05) is 0 Å². The van der Waals surface area contributed by atoms with Crippen LogP contribution in [-0.2, 0) is 10.4 Å². The minimum absolute atomic E-state index is 0.112. The van der Waals surface area contributed by atoms with Crippen LogP contribution < -0.4 is 10.6 Å². The molecule has 2 aromatic carbocycles. The fourth-order valence-corrected chi connectivity index (χ4v) is 2.94. The van der Waals surface area contributed by atoms with Crippen LogP contribution in [0, 0.1) is 0 Å². The van der Waals surface area contributed by atoms with Gasteiger partial charge in [-0.25, -0.2) is 0 Å². The van der Waals surface area contributed by atoms with E-state index in [-0.39, 0.29) is 23.4 Å². The summed E-state index contributed by atoms with van der Waals surface area (Å²) in [7, 11) is 2.86. The molecule has 196 valence electrons. The highest BCUT2D eigenvalue weighted by atomic mass is 19.4. The lowest BCUT2D eigenvalue weighted by Crippen LogP contribution is -2.53. The first-order chi connectivity index (χ1) is 16.5. The highest BCUT2D eigenvalue weighted by Gasteiger charge is 2.71. The fourth-order valence-electron chi connectivity index (χ4n) is 2.94. The van der Waals surface area contributed by atoms with Crippen LogP contribution in [0.4, 0.5) is 32.0 Å². The SMILES string of the molecule is CN(C)C(=O)[C@@H](O)CNC(=O)c1ccc(NC(=O)c2ccc(C(O)(C(F)(F)F)C(F)(F)F)cc2)cc1. The van der Waals surface area contributed by atoms with E-state index in [1.165, 1.54) is 38.4 Å². The maximum absolute atomic E-state index is 13.0. The molecule has 0 heterocycles. The molecule has 8 nitrogen and oxygen atoms in total. The number of amides is 3. The molecule has 1 atom stereocenters. The summed E-state index contributed by atoms with van der Waals surface area (Å²) in [6.45, 7) is -0.345. The summed E-state index contributed by atoms with van der Waals surface area (Å²) in [6, 6.07) is 7.26. The number of hydrogen-bond acceptors (Lipinski definition) is 5. The van der Waals surface area contributed by atoms with Crippen molar-refractivity contribution in [3.05, 3.63) is 65.2 Å². The van der Waals surface area contributed by atoms with Gasteiger partial charge in [0.1, 0.15) is 6.10 Å². The molecule has 36 heavy (non-hydrogen) atoms. The lowest BCUT2D eigenvalue weighted by Gasteiger charge is -2.32.